The van der Waals surface area contributed by atoms with Crippen LogP contribution in [0.4, 0.5) is 23.0 Å². The van der Waals surface area contributed by atoms with E-state index in [1.54, 1.807) is 31.3 Å². The van der Waals surface area contributed by atoms with Gasteiger partial charge in [-0.2, -0.15) is 0 Å². The first-order valence-corrected chi connectivity index (χ1v) is 6.65. The van der Waals surface area contributed by atoms with E-state index < -0.39 is 0 Å². The molecule has 8 heteroatoms. The predicted octanol–water partition coefficient (Wildman–Crippen LogP) is 0.944. The summed E-state index contributed by atoms with van der Waals surface area (Å²) in [5.41, 5.74) is 1.82. The minimum atomic E-state index is -0.152. The molecule has 0 radical (unpaired) electrons. The van der Waals surface area contributed by atoms with Crippen molar-refractivity contribution in [1.29, 1.82) is 0 Å². The van der Waals surface area contributed by atoms with E-state index in [-0.39, 0.29) is 18.4 Å². The lowest BCUT2D eigenvalue weighted by molar-refractivity contribution is -0.114. The fourth-order valence-electron chi connectivity index (χ4n) is 2.07. The van der Waals surface area contributed by atoms with Crippen molar-refractivity contribution in [3.63, 3.8) is 0 Å². The maximum absolute atomic E-state index is 11.5. The third-order valence-electron chi connectivity index (χ3n) is 3.16. The minimum Gasteiger partial charge on any atom is -0.359 e. The van der Waals surface area contributed by atoms with E-state index in [9.17, 15) is 9.59 Å². The van der Waals surface area contributed by atoms with E-state index in [1.807, 2.05) is 0 Å². The zero-order valence-corrected chi connectivity index (χ0v) is 11.8. The van der Waals surface area contributed by atoms with E-state index in [0.29, 0.717) is 22.9 Å². The van der Waals surface area contributed by atoms with Crippen molar-refractivity contribution in [1.82, 2.24) is 15.3 Å². The number of nitrogens with zero attached hydrogens (tertiary/aromatic N) is 2. The maximum Gasteiger partial charge on any atom is 0.251 e. The number of amides is 2. The van der Waals surface area contributed by atoms with Gasteiger partial charge in [0, 0.05) is 18.3 Å². The van der Waals surface area contributed by atoms with Crippen molar-refractivity contribution < 1.29 is 9.59 Å². The summed E-state index contributed by atoms with van der Waals surface area (Å²) in [5.74, 6) is 0.750. The first-order valence-electron chi connectivity index (χ1n) is 6.65. The van der Waals surface area contributed by atoms with Crippen LogP contribution in [0.5, 0.6) is 0 Å². The minimum absolute atomic E-state index is 0.151. The van der Waals surface area contributed by atoms with Gasteiger partial charge in [0.2, 0.25) is 5.91 Å². The lowest BCUT2D eigenvalue weighted by atomic mass is 10.2. The highest BCUT2D eigenvalue weighted by molar-refractivity contribution is 6.03. The second kappa shape index (κ2) is 5.68. The van der Waals surface area contributed by atoms with Gasteiger partial charge in [0.25, 0.3) is 5.91 Å². The Labute approximate surface area is 126 Å². The average Bonchev–Trinajstić information content (AvgIpc) is 2.55. The van der Waals surface area contributed by atoms with Gasteiger partial charge in [-0.15, -0.1) is 0 Å². The van der Waals surface area contributed by atoms with Crippen LogP contribution < -0.4 is 21.3 Å². The summed E-state index contributed by atoms with van der Waals surface area (Å²) in [7, 11) is 1.58. The van der Waals surface area contributed by atoms with Gasteiger partial charge in [-0.3, -0.25) is 9.59 Å². The first-order chi connectivity index (χ1) is 10.7. The fraction of sp³-hybridized carbons (Fsp3) is 0.143. The largest absolute Gasteiger partial charge is 0.359 e. The molecule has 1 aliphatic rings. The van der Waals surface area contributed by atoms with E-state index in [0.717, 1.165) is 5.69 Å². The molecule has 0 atom stereocenters. The molecule has 8 nitrogen and oxygen atoms in total. The summed E-state index contributed by atoms with van der Waals surface area (Å²) in [4.78, 5) is 31.2. The van der Waals surface area contributed by atoms with Gasteiger partial charge in [0.1, 0.15) is 12.0 Å². The monoisotopic (exact) mass is 298 g/mol. The third-order valence-corrected chi connectivity index (χ3v) is 3.16. The summed E-state index contributed by atoms with van der Waals surface area (Å²) >= 11 is 0. The Hall–Kier alpha value is -3.16. The standard InChI is InChI=1S/C14H14N6O2/c1-15-14(22)8-2-4-9(5-3-8)19-13-11-12(17-7-18-13)16-6-10(21)20-11/h2-5,7H,6H2,1H3,(H,15,22)(H,20,21)(H2,16,17,18,19). The SMILES string of the molecule is CNC(=O)c1ccc(Nc2ncnc3c2NC(=O)CN3)cc1. The number of carbonyl (C=O) groups is 2. The third kappa shape index (κ3) is 2.66. The molecular weight excluding hydrogens is 284 g/mol. The van der Waals surface area contributed by atoms with Crippen molar-refractivity contribution in [3.8, 4) is 0 Å². The van der Waals surface area contributed by atoms with Crippen molar-refractivity contribution in [2.45, 2.75) is 0 Å². The molecule has 112 valence electrons. The van der Waals surface area contributed by atoms with Crippen LogP contribution in [0.15, 0.2) is 30.6 Å². The van der Waals surface area contributed by atoms with Crippen molar-refractivity contribution in [2.24, 2.45) is 0 Å². The second-order valence-electron chi connectivity index (χ2n) is 4.63. The zero-order chi connectivity index (χ0) is 15.5. The summed E-state index contributed by atoms with van der Waals surface area (Å²) in [6.45, 7) is 0.185. The van der Waals surface area contributed by atoms with Crippen LogP contribution in [-0.4, -0.2) is 35.4 Å². The van der Waals surface area contributed by atoms with Gasteiger partial charge < -0.3 is 21.3 Å². The molecule has 22 heavy (non-hydrogen) atoms. The molecule has 4 N–H and O–H groups in total. The van der Waals surface area contributed by atoms with Crippen LogP contribution in [-0.2, 0) is 4.79 Å². The number of fused-ring (bicyclic) bond motifs is 1. The molecule has 0 spiro atoms. The zero-order valence-electron chi connectivity index (χ0n) is 11.8. The molecule has 3 rings (SSSR count). The van der Waals surface area contributed by atoms with Crippen LogP contribution in [0.2, 0.25) is 0 Å². The van der Waals surface area contributed by atoms with Gasteiger partial charge >= 0.3 is 0 Å². The maximum atomic E-state index is 11.5. The van der Waals surface area contributed by atoms with Crippen molar-refractivity contribution >= 4 is 34.8 Å². The topological polar surface area (TPSA) is 108 Å². The molecule has 0 fully saturated rings. The Balaban J connectivity index is 1.84. The number of anilines is 4. The molecule has 0 saturated heterocycles. The summed E-state index contributed by atoms with van der Waals surface area (Å²) in [6, 6.07) is 6.92. The van der Waals surface area contributed by atoms with Crippen LogP contribution in [0.3, 0.4) is 0 Å². The fourth-order valence-corrected chi connectivity index (χ4v) is 2.07. The Morgan fingerprint density at radius 2 is 2.00 bits per heavy atom. The second-order valence-corrected chi connectivity index (χ2v) is 4.63. The van der Waals surface area contributed by atoms with Gasteiger partial charge in [-0.25, -0.2) is 9.97 Å². The molecule has 2 amide bonds. The number of rotatable bonds is 3. The summed E-state index contributed by atoms with van der Waals surface area (Å²) in [6.07, 6.45) is 1.41. The van der Waals surface area contributed by atoms with Crippen LogP contribution in [0.1, 0.15) is 10.4 Å². The highest BCUT2D eigenvalue weighted by Gasteiger charge is 2.19. The lowest BCUT2D eigenvalue weighted by Gasteiger charge is -2.20. The van der Waals surface area contributed by atoms with E-state index in [2.05, 4.69) is 31.2 Å². The number of carbonyl (C=O) groups excluding carboxylic acids is 2. The normalized spacial score (nSPS) is 12.7. The smallest absolute Gasteiger partial charge is 0.251 e. The first kappa shape index (κ1) is 13.8. The molecule has 1 aromatic heterocycles. The van der Waals surface area contributed by atoms with Crippen LogP contribution in [0.25, 0.3) is 0 Å². The molecular formula is C14H14N6O2. The molecule has 0 unspecified atom stereocenters. The molecule has 1 aromatic carbocycles. The lowest BCUT2D eigenvalue weighted by Crippen LogP contribution is -2.28. The Bertz CT molecular complexity index is 729. The highest BCUT2D eigenvalue weighted by atomic mass is 16.2. The Kier molecular flexibility index (Phi) is 3.57. The summed E-state index contributed by atoms with van der Waals surface area (Å²) < 4.78 is 0. The number of benzene rings is 1. The Morgan fingerprint density at radius 1 is 1.23 bits per heavy atom. The van der Waals surface area contributed by atoms with Crippen LogP contribution in [0, 0.1) is 0 Å². The van der Waals surface area contributed by atoms with Gasteiger partial charge in [0.05, 0.1) is 6.54 Å². The average molecular weight is 298 g/mol. The van der Waals surface area contributed by atoms with Crippen LogP contribution >= 0.6 is 0 Å². The number of hydrogen-bond donors (Lipinski definition) is 4. The number of hydrogen-bond acceptors (Lipinski definition) is 6. The Morgan fingerprint density at radius 3 is 2.73 bits per heavy atom. The van der Waals surface area contributed by atoms with Crippen molar-refractivity contribution in [3.05, 3.63) is 36.2 Å². The predicted molar refractivity (Wildman–Crippen MR) is 82.3 cm³/mol. The molecule has 0 aliphatic carbocycles. The van der Waals surface area contributed by atoms with Crippen molar-refractivity contribution in [2.75, 3.05) is 29.5 Å². The van der Waals surface area contributed by atoms with E-state index >= 15 is 0 Å². The van der Waals surface area contributed by atoms with Gasteiger partial charge in [-0.05, 0) is 24.3 Å². The number of nitrogens with one attached hydrogen (secondary N) is 4. The molecule has 2 heterocycles. The molecule has 1 aliphatic heterocycles. The summed E-state index contributed by atoms with van der Waals surface area (Å²) in [5, 5.41) is 11.3. The molecule has 0 saturated carbocycles. The van der Waals surface area contributed by atoms with E-state index in [1.165, 1.54) is 6.33 Å². The van der Waals surface area contributed by atoms with E-state index in [4.69, 9.17) is 0 Å². The molecule has 2 aromatic rings. The van der Waals surface area contributed by atoms with Gasteiger partial charge in [0.15, 0.2) is 11.6 Å². The number of aromatic nitrogens is 2. The highest BCUT2D eigenvalue weighted by Crippen LogP contribution is 2.30. The molecule has 0 bridgehead atoms. The van der Waals surface area contributed by atoms with Gasteiger partial charge in [-0.1, -0.05) is 0 Å². The quantitative estimate of drug-likeness (QED) is 0.672.